The van der Waals surface area contributed by atoms with Gasteiger partial charge in [0.1, 0.15) is 6.04 Å². The average molecular weight is 341 g/mol. The van der Waals surface area contributed by atoms with Gasteiger partial charge in [-0.1, -0.05) is 23.7 Å². The highest BCUT2D eigenvalue weighted by atomic mass is 35.5. The van der Waals surface area contributed by atoms with Crippen LogP contribution in [0.2, 0.25) is 5.02 Å². The summed E-state index contributed by atoms with van der Waals surface area (Å²) < 4.78 is 5.27. The van der Waals surface area contributed by atoms with Gasteiger partial charge in [-0.25, -0.2) is 0 Å². The Balaban J connectivity index is 1.76. The summed E-state index contributed by atoms with van der Waals surface area (Å²) >= 11 is 7.70. The molecule has 1 aromatic carbocycles. The number of carbonyl (C=O) groups excluding carboxylic acids is 2. The van der Waals surface area contributed by atoms with Crippen LogP contribution in [0.25, 0.3) is 0 Å². The highest BCUT2D eigenvalue weighted by Gasteiger charge is 2.38. The van der Waals surface area contributed by atoms with E-state index in [0.717, 1.165) is 0 Å². The Morgan fingerprint density at radius 1 is 1.23 bits per heavy atom. The van der Waals surface area contributed by atoms with E-state index in [1.807, 2.05) is 0 Å². The summed E-state index contributed by atoms with van der Waals surface area (Å²) in [7, 11) is 0. The minimum Gasteiger partial charge on any atom is -0.378 e. The van der Waals surface area contributed by atoms with Gasteiger partial charge < -0.3 is 14.5 Å². The average Bonchev–Trinajstić information content (AvgIpc) is 3.04. The number of ether oxygens (including phenoxy) is 1. The maximum atomic E-state index is 12.7. The van der Waals surface area contributed by atoms with Gasteiger partial charge in [0, 0.05) is 18.8 Å². The van der Waals surface area contributed by atoms with Crippen molar-refractivity contribution >= 4 is 35.2 Å². The monoisotopic (exact) mass is 340 g/mol. The molecule has 2 aliphatic heterocycles. The van der Waals surface area contributed by atoms with E-state index in [2.05, 4.69) is 0 Å². The van der Waals surface area contributed by atoms with Crippen molar-refractivity contribution in [2.24, 2.45) is 0 Å². The standard InChI is InChI=1S/C15H17ClN2O3S/c16-12-4-2-1-3-11(12)14(19)18-10-22-9-13(18)15(20)17-5-7-21-8-6-17/h1-4,13H,5-10H2. The molecule has 1 atom stereocenters. The van der Waals surface area contributed by atoms with Crippen molar-refractivity contribution in [2.45, 2.75) is 6.04 Å². The molecule has 0 aromatic heterocycles. The fourth-order valence-electron chi connectivity index (χ4n) is 2.63. The van der Waals surface area contributed by atoms with Crippen molar-refractivity contribution in [1.82, 2.24) is 9.80 Å². The van der Waals surface area contributed by atoms with Gasteiger partial charge >= 0.3 is 0 Å². The molecule has 0 radical (unpaired) electrons. The summed E-state index contributed by atoms with van der Waals surface area (Å²) in [5, 5.41) is 0.418. The van der Waals surface area contributed by atoms with Crippen molar-refractivity contribution in [3.05, 3.63) is 34.9 Å². The molecule has 1 aromatic rings. The summed E-state index contributed by atoms with van der Waals surface area (Å²) in [4.78, 5) is 28.8. The lowest BCUT2D eigenvalue weighted by Crippen LogP contribution is -2.52. The van der Waals surface area contributed by atoms with E-state index in [9.17, 15) is 9.59 Å². The van der Waals surface area contributed by atoms with Crippen molar-refractivity contribution < 1.29 is 14.3 Å². The topological polar surface area (TPSA) is 49.9 Å². The van der Waals surface area contributed by atoms with E-state index in [-0.39, 0.29) is 11.8 Å². The van der Waals surface area contributed by atoms with Crippen LogP contribution in [0.15, 0.2) is 24.3 Å². The van der Waals surface area contributed by atoms with Crippen LogP contribution in [0.5, 0.6) is 0 Å². The zero-order chi connectivity index (χ0) is 15.5. The smallest absolute Gasteiger partial charge is 0.256 e. The molecule has 0 bridgehead atoms. The molecule has 0 saturated carbocycles. The molecule has 2 saturated heterocycles. The van der Waals surface area contributed by atoms with Gasteiger partial charge in [0.25, 0.3) is 5.91 Å². The third-order valence-corrected chi connectivity index (χ3v) is 5.20. The van der Waals surface area contributed by atoms with Gasteiger partial charge in [-0.2, -0.15) is 0 Å². The van der Waals surface area contributed by atoms with E-state index in [4.69, 9.17) is 16.3 Å². The fraction of sp³-hybridized carbons (Fsp3) is 0.467. The lowest BCUT2D eigenvalue weighted by atomic mass is 10.1. The molecule has 2 amide bonds. The first kappa shape index (κ1) is 15.6. The molecular weight excluding hydrogens is 324 g/mol. The second-order valence-electron chi connectivity index (χ2n) is 5.21. The van der Waals surface area contributed by atoms with Gasteiger partial charge in [0.05, 0.1) is 29.7 Å². The van der Waals surface area contributed by atoms with Crippen LogP contribution in [0, 0.1) is 0 Å². The highest BCUT2D eigenvalue weighted by molar-refractivity contribution is 7.99. The number of benzene rings is 1. The third kappa shape index (κ3) is 3.09. The fourth-order valence-corrected chi connectivity index (χ4v) is 3.99. The molecule has 7 heteroatoms. The third-order valence-electron chi connectivity index (χ3n) is 3.86. The Kier molecular flexibility index (Phi) is 4.90. The van der Waals surface area contributed by atoms with Gasteiger partial charge in [0.2, 0.25) is 5.91 Å². The molecule has 118 valence electrons. The molecule has 1 unspecified atom stereocenters. The van der Waals surface area contributed by atoms with E-state index in [0.29, 0.717) is 48.5 Å². The number of nitrogens with zero attached hydrogens (tertiary/aromatic N) is 2. The minimum atomic E-state index is -0.410. The number of morpholine rings is 1. The number of thioether (sulfide) groups is 1. The number of carbonyl (C=O) groups is 2. The van der Waals surface area contributed by atoms with Gasteiger partial charge in [0.15, 0.2) is 0 Å². The van der Waals surface area contributed by atoms with E-state index in [1.165, 1.54) is 0 Å². The molecule has 0 aliphatic carbocycles. The SMILES string of the molecule is O=C(C1CSCN1C(=O)c1ccccc1Cl)N1CCOCC1. The second kappa shape index (κ2) is 6.89. The predicted molar refractivity (Wildman–Crippen MR) is 86.1 cm³/mol. The van der Waals surface area contributed by atoms with Gasteiger partial charge in [-0.3, -0.25) is 9.59 Å². The molecule has 0 spiro atoms. The predicted octanol–water partition coefficient (Wildman–Crippen LogP) is 1.71. The second-order valence-corrected chi connectivity index (χ2v) is 6.62. The first-order valence-electron chi connectivity index (χ1n) is 7.18. The van der Waals surface area contributed by atoms with E-state index >= 15 is 0 Å². The first-order valence-corrected chi connectivity index (χ1v) is 8.71. The largest absolute Gasteiger partial charge is 0.378 e. The molecule has 22 heavy (non-hydrogen) atoms. The minimum absolute atomic E-state index is 0.00806. The molecular formula is C15H17ClN2O3S. The Hall–Kier alpha value is -1.24. The van der Waals surface area contributed by atoms with Crippen LogP contribution in [0.4, 0.5) is 0 Å². The van der Waals surface area contributed by atoms with Crippen molar-refractivity contribution in [2.75, 3.05) is 37.9 Å². The number of halogens is 1. The first-order chi connectivity index (χ1) is 10.7. The molecule has 2 aliphatic rings. The van der Waals surface area contributed by atoms with Crippen LogP contribution in [0.1, 0.15) is 10.4 Å². The zero-order valence-corrected chi connectivity index (χ0v) is 13.6. The number of hydrogen-bond donors (Lipinski definition) is 0. The molecule has 3 rings (SSSR count). The number of hydrogen-bond acceptors (Lipinski definition) is 4. The van der Waals surface area contributed by atoms with Crippen LogP contribution < -0.4 is 0 Å². The Morgan fingerprint density at radius 2 is 1.95 bits per heavy atom. The summed E-state index contributed by atoms with van der Waals surface area (Å²) in [6.45, 7) is 2.30. The van der Waals surface area contributed by atoms with Crippen LogP contribution in [-0.2, 0) is 9.53 Å². The lowest BCUT2D eigenvalue weighted by Gasteiger charge is -2.32. The quantitative estimate of drug-likeness (QED) is 0.822. The van der Waals surface area contributed by atoms with E-state index in [1.54, 1.807) is 45.8 Å². The van der Waals surface area contributed by atoms with Crippen molar-refractivity contribution in [3.63, 3.8) is 0 Å². The summed E-state index contributed by atoms with van der Waals surface area (Å²) in [6.07, 6.45) is 0. The Morgan fingerprint density at radius 3 is 2.68 bits per heavy atom. The summed E-state index contributed by atoms with van der Waals surface area (Å²) in [5.41, 5.74) is 0.450. The van der Waals surface area contributed by atoms with Crippen molar-refractivity contribution in [3.8, 4) is 0 Å². The molecule has 0 N–H and O–H groups in total. The van der Waals surface area contributed by atoms with Gasteiger partial charge in [-0.05, 0) is 12.1 Å². The number of amides is 2. The maximum Gasteiger partial charge on any atom is 0.256 e. The molecule has 2 heterocycles. The lowest BCUT2D eigenvalue weighted by molar-refractivity contribution is -0.138. The molecule has 5 nitrogen and oxygen atoms in total. The van der Waals surface area contributed by atoms with Crippen molar-refractivity contribution in [1.29, 1.82) is 0 Å². The van der Waals surface area contributed by atoms with Crippen LogP contribution in [-0.4, -0.2) is 65.6 Å². The molecule has 2 fully saturated rings. The Labute approximate surface area is 138 Å². The van der Waals surface area contributed by atoms with E-state index < -0.39 is 6.04 Å². The zero-order valence-electron chi connectivity index (χ0n) is 12.0. The van der Waals surface area contributed by atoms with Crippen LogP contribution in [0.3, 0.4) is 0 Å². The maximum absolute atomic E-state index is 12.7. The number of rotatable bonds is 2. The van der Waals surface area contributed by atoms with Crippen LogP contribution >= 0.6 is 23.4 Å². The normalized spacial score (nSPS) is 22.0. The summed E-state index contributed by atoms with van der Waals surface area (Å²) in [5.74, 6) is 0.980. The van der Waals surface area contributed by atoms with Gasteiger partial charge in [-0.15, -0.1) is 11.8 Å². The Bertz CT molecular complexity index is 578. The summed E-state index contributed by atoms with van der Waals surface area (Å²) in [6, 6.07) is 6.54. The highest BCUT2D eigenvalue weighted by Crippen LogP contribution is 2.27.